The minimum atomic E-state index is -4.38. The van der Waals surface area contributed by atoms with E-state index in [2.05, 4.69) is 20.8 Å². The van der Waals surface area contributed by atoms with Crippen molar-refractivity contribution >= 4 is 10.4 Å². The molecule has 0 aromatic carbocycles. The van der Waals surface area contributed by atoms with Crippen molar-refractivity contribution in [3.05, 3.63) is 0 Å². The van der Waals surface area contributed by atoms with Crippen LogP contribution in [0.2, 0.25) is 0 Å². The number of hydrogen-bond donors (Lipinski definition) is 1. The van der Waals surface area contributed by atoms with Gasteiger partial charge in [0.1, 0.15) is 0 Å². The Balaban J connectivity index is 4.83. The van der Waals surface area contributed by atoms with E-state index in [-0.39, 0.29) is 0 Å². The van der Waals surface area contributed by atoms with Crippen molar-refractivity contribution in [1.82, 2.24) is 0 Å². The molecule has 0 saturated heterocycles. The molecule has 0 aromatic heterocycles. The first-order valence-corrected chi connectivity index (χ1v) is 8.93. The number of hydrogen-bond acceptors (Lipinski definition) is 3. The summed E-state index contributed by atoms with van der Waals surface area (Å²) >= 11 is 0. The monoisotopic (exact) mass is 294 g/mol. The minimum absolute atomic E-state index is 0.700. The van der Waals surface area contributed by atoms with E-state index in [4.69, 9.17) is 8.74 Å². The van der Waals surface area contributed by atoms with Crippen LogP contribution in [0.5, 0.6) is 0 Å². The van der Waals surface area contributed by atoms with E-state index in [1.165, 1.54) is 0 Å². The van der Waals surface area contributed by atoms with Crippen LogP contribution in [0, 0.1) is 0 Å². The van der Waals surface area contributed by atoms with E-state index >= 15 is 0 Å². The third-order valence-corrected chi connectivity index (χ3v) is 4.05. The molecule has 0 aromatic rings. The highest BCUT2D eigenvalue weighted by atomic mass is 32.3. The summed E-state index contributed by atoms with van der Waals surface area (Å²) in [7, 11) is -4.38. The summed E-state index contributed by atoms with van der Waals surface area (Å²) in [4.78, 5) is 0. The fraction of sp³-hybridized carbons (Fsp3) is 1.00. The van der Waals surface area contributed by atoms with Gasteiger partial charge in [-0.25, -0.2) is 4.18 Å². The van der Waals surface area contributed by atoms with Crippen molar-refractivity contribution in [3.63, 3.8) is 0 Å². The molecule has 0 unspecified atom stereocenters. The van der Waals surface area contributed by atoms with Gasteiger partial charge in [0.2, 0.25) is 0 Å². The molecular weight excluding hydrogens is 264 g/mol. The summed E-state index contributed by atoms with van der Waals surface area (Å²) in [6.07, 6.45) is 9.04. The highest BCUT2D eigenvalue weighted by Crippen LogP contribution is 2.33. The van der Waals surface area contributed by atoms with Gasteiger partial charge >= 0.3 is 10.4 Å². The highest BCUT2D eigenvalue weighted by Gasteiger charge is 2.34. The molecule has 4 nitrogen and oxygen atoms in total. The summed E-state index contributed by atoms with van der Waals surface area (Å²) in [5.74, 6) is 0. The topological polar surface area (TPSA) is 63.6 Å². The van der Waals surface area contributed by atoms with Gasteiger partial charge in [-0.05, 0) is 19.3 Å². The second-order valence-electron chi connectivity index (χ2n) is 5.36. The number of unbranched alkanes of at least 4 members (excludes halogenated alkanes) is 4. The molecule has 0 aliphatic carbocycles. The first-order chi connectivity index (χ1) is 8.89. The molecule has 0 amide bonds. The Morgan fingerprint density at radius 3 is 1.63 bits per heavy atom. The van der Waals surface area contributed by atoms with Gasteiger partial charge in [0.15, 0.2) is 0 Å². The molecule has 116 valence electrons. The normalized spacial score (nSPS) is 12.8. The van der Waals surface area contributed by atoms with Gasteiger partial charge in [-0.2, -0.15) is 8.42 Å². The van der Waals surface area contributed by atoms with Crippen LogP contribution < -0.4 is 0 Å². The smallest absolute Gasteiger partial charge is 0.264 e. The van der Waals surface area contributed by atoms with Crippen LogP contribution >= 0.6 is 0 Å². The van der Waals surface area contributed by atoms with Gasteiger partial charge < -0.3 is 0 Å². The largest absolute Gasteiger partial charge is 0.397 e. The first kappa shape index (κ1) is 18.9. The van der Waals surface area contributed by atoms with E-state index in [0.29, 0.717) is 19.3 Å². The Labute approximate surface area is 118 Å². The van der Waals surface area contributed by atoms with Gasteiger partial charge in [0, 0.05) is 0 Å². The highest BCUT2D eigenvalue weighted by molar-refractivity contribution is 7.80. The average molecular weight is 294 g/mol. The van der Waals surface area contributed by atoms with Gasteiger partial charge in [0.25, 0.3) is 0 Å². The molecule has 0 saturated carbocycles. The average Bonchev–Trinajstić information content (AvgIpc) is 2.32. The molecule has 1 N–H and O–H groups in total. The summed E-state index contributed by atoms with van der Waals surface area (Å²) in [5.41, 5.74) is -0.700. The Hall–Kier alpha value is -0.130. The zero-order chi connectivity index (χ0) is 14.8. The fourth-order valence-corrected chi connectivity index (χ4v) is 3.12. The minimum Gasteiger partial charge on any atom is -0.264 e. The van der Waals surface area contributed by atoms with E-state index in [0.717, 1.165) is 44.9 Å². The molecule has 5 heteroatoms. The lowest BCUT2D eigenvalue weighted by Crippen LogP contribution is -2.35. The molecule has 0 heterocycles. The third kappa shape index (κ3) is 9.41. The van der Waals surface area contributed by atoms with Crippen molar-refractivity contribution in [2.24, 2.45) is 0 Å². The molecule has 0 radical (unpaired) electrons. The molecular formula is C14H30O4S. The second-order valence-corrected chi connectivity index (χ2v) is 6.38. The van der Waals surface area contributed by atoms with Crippen LogP contribution in [0.25, 0.3) is 0 Å². The summed E-state index contributed by atoms with van der Waals surface area (Å²) in [6, 6.07) is 0. The van der Waals surface area contributed by atoms with Crippen molar-refractivity contribution in [3.8, 4) is 0 Å². The van der Waals surface area contributed by atoms with Gasteiger partial charge in [0.05, 0.1) is 5.60 Å². The molecule has 0 bridgehead atoms. The molecule has 0 rings (SSSR count). The predicted octanol–water partition coefficient (Wildman–Crippen LogP) is 4.51. The van der Waals surface area contributed by atoms with E-state index < -0.39 is 16.0 Å². The van der Waals surface area contributed by atoms with Crippen molar-refractivity contribution in [1.29, 1.82) is 0 Å². The Morgan fingerprint density at radius 2 is 1.26 bits per heavy atom. The van der Waals surface area contributed by atoms with E-state index in [9.17, 15) is 8.42 Å². The maximum Gasteiger partial charge on any atom is 0.397 e. The third-order valence-electron chi connectivity index (χ3n) is 3.49. The number of rotatable bonds is 12. The van der Waals surface area contributed by atoms with Crippen LogP contribution in [0.3, 0.4) is 0 Å². The van der Waals surface area contributed by atoms with Gasteiger partial charge in [-0.15, -0.1) is 0 Å². The van der Waals surface area contributed by atoms with Crippen molar-refractivity contribution in [2.45, 2.75) is 90.6 Å². The lowest BCUT2D eigenvalue weighted by atomic mass is 9.86. The van der Waals surface area contributed by atoms with E-state index in [1.54, 1.807) is 0 Å². The Kier molecular flexibility index (Phi) is 9.66. The molecule has 0 fully saturated rings. The summed E-state index contributed by atoms with van der Waals surface area (Å²) in [5, 5.41) is 0. The van der Waals surface area contributed by atoms with Crippen LogP contribution in [-0.4, -0.2) is 18.6 Å². The quantitative estimate of drug-likeness (QED) is 0.425. The van der Waals surface area contributed by atoms with Crippen molar-refractivity contribution < 1.29 is 17.2 Å². The Morgan fingerprint density at radius 1 is 0.842 bits per heavy atom. The molecule has 0 spiro atoms. The summed E-state index contributed by atoms with van der Waals surface area (Å²) in [6.45, 7) is 6.26. The molecule has 0 aliphatic heterocycles. The van der Waals surface area contributed by atoms with Gasteiger partial charge in [-0.1, -0.05) is 65.7 Å². The zero-order valence-electron chi connectivity index (χ0n) is 12.7. The predicted molar refractivity (Wildman–Crippen MR) is 78.6 cm³/mol. The van der Waals surface area contributed by atoms with Gasteiger partial charge in [-0.3, -0.25) is 4.55 Å². The lowest BCUT2D eigenvalue weighted by molar-refractivity contribution is 0.0297. The maximum absolute atomic E-state index is 11.1. The van der Waals surface area contributed by atoms with E-state index in [1.807, 2.05) is 0 Å². The van der Waals surface area contributed by atoms with Crippen LogP contribution in [0.15, 0.2) is 0 Å². The second kappa shape index (κ2) is 9.72. The molecule has 0 aliphatic rings. The molecule has 0 atom stereocenters. The maximum atomic E-state index is 11.1. The lowest BCUT2D eigenvalue weighted by Gasteiger charge is -2.32. The SMILES string of the molecule is CCCCCC(CCCC)(CCCC)OS(=O)(=O)O. The summed E-state index contributed by atoms with van der Waals surface area (Å²) < 4.78 is 36.4. The van der Waals surface area contributed by atoms with Crippen LogP contribution in [0.4, 0.5) is 0 Å². The van der Waals surface area contributed by atoms with Crippen molar-refractivity contribution in [2.75, 3.05) is 0 Å². The molecule has 19 heavy (non-hydrogen) atoms. The fourth-order valence-electron chi connectivity index (χ4n) is 2.42. The van der Waals surface area contributed by atoms with Crippen LogP contribution in [-0.2, 0) is 14.6 Å². The van der Waals surface area contributed by atoms with Crippen LogP contribution in [0.1, 0.15) is 85.0 Å². The zero-order valence-corrected chi connectivity index (χ0v) is 13.5. The first-order valence-electron chi connectivity index (χ1n) is 7.57. The standard InChI is InChI=1S/C14H30O4S/c1-4-7-10-13-14(11-8-5-2,12-9-6-3)18-19(15,16)17/h4-13H2,1-3H3,(H,15,16,17). The Bertz CT molecular complexity index is 303.